The van der Waals surface area contributed by atoms with Gasteiger partial charge in [0.05, 0.1) is 19.5 Å². The molecule has 49 heavy (non-hydrogen) atoms. The molecule has 0 aliphatic carbocycles. The van der Waals surface area contributed by atoms with Crippen molar-refractivity contribution in [3.05, 3.63) is 29.8 Å². The van der Waals surface area contributed by atoms with Crippen molar-refractivity contribution in [3.63, 3.8) is 0 Å². The van der Waals surface area contributed by atoms with Crippen LogP contribution in [-0.4, -0.2) is 113 Å². The van der Waals surface area contributed by atoms with Crippen molar-refractivity contribution in [2.75, 3.05) is 25.4 Å². The van der Waals surface area contributed by atoms with Gasteiger partial charge >= 0.3 is 5.97 Å². The van der Waals surface area contributed by atoms with Crippen LogP contribution in [0, 0.1) is 0 Å². The highest BCUT2D eigenvalue weighted by Crippen LogP contribution is 2.12. The van der Waals surface area contributed by atoms with Gasteiger partial charge in [-0.3, -0.25) is 38.4 Å². The third-order valence-electron chi connectivity index (χ3n) is 6.82. The first-order valence-electron chi connectivity index (χ1n) is 15.2. The zero-order chi connectivity index (χ0) is 37.1. The Labute approximate surface area is 287 Å². The van der Waals surface area contributed by atoms with E-state index >= 15 is 0 Å². The zero-order valence-electron chi connectivity index (χ0n) is 26.9. The highest BCUT2D eigenvalue weighted by atomic mass is 32.1. The summed E-state index contributed by atoms with van der Waals surface area (Å²) in [6, 6.07) is -0.739. The van der Waals surface area contributed by atoms with Crippen molar-refractivity contribution >= 4 is 59.9 Å². The average molecular weight is 712 g/mol. The number of carbonyl (C=O) groups excluding carboxylic acids is 7. The Bertz CT molecular complexity index is 1330. The molecule has 272 valence electrons. The number of unbranched alkanes of at least 4 members (excludes halogenated alkanes) is 1. The van der Waals surface area contributed by atoms with Crippen LogP contribution in [-0.2, 0) is 44.8 Å². The molecule has 0 aromatic heterocycles. The molecule has 1 aromatic rings. The first-order valence-corrected chi connectivity index (χ1v) is 15.8. The van der Waals surface area contributed by atoms with Crippen LogP contribution in [0.1, 0.15) is 38.2 Å². The van der Waals surface area contributed by atoms with Crippen LogP contribution < -0.4 is 49.1 Å². The van der Waals surface area contributed by atoms with Crippen molar-refractivity contribution in [1.29, 1.82) is 0 Å². The van der Waals surface area contributed by atoms with E-state index in [9.17, 15) is 43.5 Å². The summed E-state index contributed by atoms with van der Waals surface area (Å²) in [7, 11) is 0. The van der Waals surface area contributed by atoms with Crippen LogP contribution in [0.3, 0.4) is 0 Å². The Kier molecular flexibility index (Phi) is 18.7. The Morgan fingerprint density at radius 3 is 1.88 bits per heavy atom. The maximum Gasteiger partial charge on any atom is 0.325 e. The topological polar surface area (TPSA) is 327 Å². The second-order valence-electron chi connectivity index (χ2n) is 10.9. The maximum absolute atomic E-state index is 13.1. The Balaban J connectivity index is 2.95. The summed E-state index contributed by atoms with van der Waals surface area (Å²) < 4.78 is 0. The molecule has 14 N–H and O–H groups in total. The fourth-order valence-corrected chi connectivity index (χ4v) is 4.41. The molecule has 0 bridgehead atoms. The van der Waals surface area contributed by atoms with Crippen molar-refractivity contribution in [3.8, 4) is 5.75 Å². The highest BCUT2D eigenvalue weighted by Gasteiger charge is 2.30. The summed E-state index contributed by atoms with van der Waals surface area (Å²) in [6.07, 6.45) is 0.336. The minimum absolute atomic E-state index is 0.0182. The molecule has 7 amide bonds. The number of aromatic hydroxyl groups is 1. The lowest BCUT2D eigenvalue weighted by atomic mass is 10.0. The number of nitrogens with one attached hydrogen (secondary N) is 6. The number of carbonyl (C=O) groups is 8. The third kappa shape index (κ3) is 16.1. The van der Waals surface area contributed by atoms with Crippen LogP contribution in [0.15, 0.2) is 24.3 Å². The summed E-state index contributed by atoms with van der Waals surface area (Å²) in [5, 5.41) is 32.6. The molecule has 0 fully saturated rings. The molecule has 5 atom stereocenters. The molecule has 5 unspecified atom stereocenters. The van der Waals surface area contributed by atoms with E-state index in [1.165, 1.54) is 31.2 Å². The van der Waals surface area contributed by atoms with Crippen LogP contribution in [0.2, 0.25) is 0 Å². The minimum atomic E-state index is -1.60. The average Bonchev–Trinajstić information content (AvgIpc) is 3.05. The number of primary amides is 1. The van der Waals surface area contributed by atoms with Gasteiger partial charge in [-0.2, -0.15) is 12.6 Å². The number of hydrogen-bond acceptors (Lipinski definition) is 12. The van der Waals surface area contributed by atoms with E-state index < -0.39 is 97.0 Å². The number of hydrogen-bond donors (Lipinski definition) is 12. The van der Waals surface area contributed by atoms with E-state index in [0.717, 1.165) is 0 Å². The van der Waals surface area contributed by atoms with E-state index in [0.29, 0.717) is 24.9 Å². The van der Waals surface area contributed by atoms with Crippen LogP contribution in [0.25, 0.3) is 0 Å². The lowest BCUT2D eigenvalue weighted by molar-refractivity contribution is -0.141. The van der Waals surface area contributed by atoms with Gasteiger partial charge in [-0.1, -0.05) is 12.1 Å². The molecular weight excluding hydrogens is 666 g/mol. The second kappa shape index (κ2) is 21.8. The number of rotatable bonds is 22. The number of phenols is 1. The smallest absolute Gasteiger partial charge is 0.325 e. The molecule has 20 heteroatoms. The molecule has 0 saturated heterocycles. The van der Waals surface area contributed by atoms with Gasteiger partial charge < -0.3 is 59.3 Å². The number of nitrogens with two attached hydrogens (primary N) is 3. The van der Waals surface area contributed by atoms with E-state index in [-0.39, 0.29) is 24.3 Å². The zero-order valence-corrected chi connectivity index (χ0v) is 27.8. The minimum Gasteiger partial charge on any atom is -0.508 e. The van der Waals surface area contributed by atoms with Crippen LogP contribution >= 0.6 is 12.6 Å². The van der Waals surface area contributed by atoms with Crippen LogP contribution in [0.4, 0.5) is 0 Å². The van der Waals surface area contributed by atoms with Gasteiger partial charge in [0, 0.05) is 12.2 Å². The summed E-state index contributed by atoms with van der Waals surface area (Å²) >= 11 is 4.09. The highest BCUT2D eigenvalue weighted by molar-refractivity contribution is 7.80. The number of aliphatic carboxylic acids is 1. The molecule has 0 radical (unpaired) electrons. The van der Waals surface area contributed by atoms with Crippen molar-refractivity contribution in [1.82, 2.24) is 31.9 Å². The molecule has 0 aliphatic rings. The summed E-state index contributed by atoms with van der Waals surface area (Å²) in [5.74, 6) is -7.61. The molecular formula is C29H45N9O10S. The van der Waals surface area contributed by atoms with Crippen molar-refractivity contribution in [2.45, 2.75) is 69.2 Å². The fourth-order valence-electron chi connectivity index (χ4n) is 4.15. The van der Waals surface area contributed by atoms with Gasteiger partial charge in [-0.15, -0.1) is 0 Å². The van der Waals surface area contributed by atoms with Crippen molar-refractivity contribution < 1.29 is 48.6 Å². The largest absolute Gasteiger partial charge is 0.508 e. The summed E-state index contributed by atoms with van der Waals surface area (Å²) in [6.45, 7) is 0.432. The molecule has 0 spiro atoms. The number of thiol groups is 1. The molecule has 19 nitrogen and oxygen atoms in total. The Morgan fingerprint density at radius 2 is 1.33 bits per heavy atom. The second-order valence-corrected chi connectivity index (χ2v) is 11.2. The predicted octanol–water partition coefficient (Wildman–Crippen LogP) is -4.53. The van der Waals surface area contributed by atoms with Gasteiger partial charge in [-0.05, 0) is 50.4 Å². The number of carboxylic acid groups (broad SMARTS) is 1. The van der Waals surface area contributed by atoms with Gasteiger partial charge in [-0.25, -0.2) is 0 Å². The van der Waals surface area contributed by atoms with Gasteiger partial charge in [0.15, 0.2) is 0 Å². The van der Waals surface area contributed by atoms with Gasteiger partial charge in [0.2, 0.25) is 41.4 Å². The number of benzene rings is 1. The molecule has 1 rings (SSSR count). The summed E-state index contributed by atoms with van der Waals surface area (Å²) in [4.78, 5) is 99.2. The fraction of sp³-hybridized carbons (Fsp3) is 0.517. The molecule has 0 saturated carbocycles. The SMILES string of the molecule is CC(NC(=O)C(CCCCN)NC(=O)CNC(=O)C(CC(N)=O)NC(=O)C(CS)NC(=O)C(Cc1ccc(O)cc1)NC(=O)CN)C(=O)O. The summed E-state index contributed by atoms with van der Waals surface area (Å²) in [5.41, 5.74) is 16.7. The maximum atomic E-state index is 13.1. The standard InChI is InChI=1S/C29H45N9O10S/c1-15(29(47)48)34-26(44)18(4-2-3-9-30)35-24(42)13-33-25(43)20(11-22(32)40)37-28(46)21(14-49)38-27(45)19(36-23(41)12-31)10-16-5-7-17(39)8-6-16/h5-8,15,18-21,39,49H,2-4,9-14,30-31H2,1H3,(H2,32,40)(H,33,43)(H,34,44)(H,35,42)(H,36,41)(H,37,46)(H,38,45)(H,47,48). The van der Waals surface area contributed by atoms with E-state index in [1.807, 2.05) is 0 Å². The number of carboxylic acids is 1. The Morgan fingerprint density at radius 1 is 0.755 bits per heavy atom. The normalized spacial score (nSPS) is 13.7. The number of amides is 7. The quantitative estimate of drug-likeness (QED) is 0.0400. The third-order valence-corrected chi connectivity index (χ3v) is 7.18. The van der Waals surface area contributed by atoms with E-state index in [4.69, 9.17) is 22.3 Å². The Hall–Kier alpha value is -4.95. The van der Waals surface area contributed by atoms with Gasteiger partial charge in [0.25, 0.3) is 0 Å². The molecule has 0 heterocycles. The van der Waals surface area contributed by atoms with Crippen LogP contribution in [0.5, 0.6) is 5.75 Å². The lowest BCUT2D eigenvalue weighted by Gasteiger charge is -2.24. The van der Waals surface area contributed by atoms with Crippen molar-refractivity contribution in [2.24, 2.45) is 17.2 Å². The first-order chi connectivity index (χ1) is 23.1. The van der Waals surface area contributed by atoms with E-state index in [2.05, 4.69) is 44.5 Å². The monoisotopic (exact) mass is 711 g/mol. The first kappa shape index (κ1) is 42.1. The molecule has 0 aliphatic heterocycles. The lowest BCUT2D eigenvalue weighted by Crippen LogP contribution is -2.59. The predicted molar refractivity (Wildman–Crippen MR) is 177 cm³/mol. The van der Waals surface area contributed by atoms with Gasteiger partial charge in [0.1, 0.15) is 36.0 Å². The van der Waals surface area contributed by atoms with E-state index in [1.54, 1.807) is 0 Å². The molecule has 1 aromatic carbocycles. The number of phenolic OH excluding ortho intramolecular Hbond substituents is 1.